The lowest BCUT2D eigenvalue weighted by atomic mass is 9.94. The van der Waals surface area contributed by atoms with Gasteiger partial charge in [0.1, 0.15) is 11.5 Å². The summed E-state index contributed by atoms with van der Waals surface area (Å²) in [6.45, 7) is 8.27. The SMILES string of the molecule is CCOc1ccc(C2/C(=C(/O)c3ccc(C)c(C)c3)C(=O)C(=O)N2c2ccccc2C)cc1. The second-order valence-electron chi connectivity index (χ2n) is 8.26. The number of amides is 1. The van der Waals surface area contributed by atoms with E-state index in [-0.39, 0.29) is 11.3 Å². The van der Waals surface area contributed by atoms with Crippen LogP contribution in [0.25, 0.3) is 5.76 Å². The second kappa shape index (κ2) is 8.94. The molecule has 1 aliphatic heterocycles. The van der Waals surface area contributed by atoms with Crippen LogP contribution >= 0.6 is 0 Å². The molecule has 0 spiro atoms. The average Bonchev–Trinajstić information content (AvgIpc) is 3.07. The Hall–Kier alpha value is -3.86. The summed E-state index contributed by atoms with van der Waals surface area (Å²) in [6, 6.07) is 19.5. The molecule has 1 atom stereocenters. The topological polar surface area (TPSA) is 66.8 Å². The first-order chi connectivity index (χ1) is 15.8. The van der Waals surface area contributed by atoms with E-state index in [4.69, 9.17) is 4.74 Å². The highest BCUT2D eigenvalue weighted by molar-refractivity contribution is 6.51. The minimum atomic E-state index is -0.761. The van der Waals surface area contributed by atoms with E-state index in [9.17, 15) is 14.7 Å². The molecule has 4 rings (SSSR count). The van der Waals surface area contributed by atoms with E-state index in [0.717, 1.165) is 16.7 Å². The van der Waals surface area contributed by atoms with Crippen LogP contribution < -0.4 is 9.64 Å². The minimum absolute atomic E-state index is 0.0793. The third-order valence-corrected chi connectivity index (χ3v) is 6.11. The van der Waals surface area contributed by atoms with Gasteiger partial charge in [0.2, 0.25) is 0 Å². The molecule has 0 radical (unpaired) electrons. The van der Waals surface area contributed by atoms with Gasteiger partial charge in [-0.25, -0.2) is 0 Å². The van der Waals surface area contributed by atoms with E-state index in [2.05, 4.69) is 0 Å². The number of hydrogen-bond acceptors (Lipinski definition) is 4. The van der Waals surface area contributed by atoms with Gasteiger partial charge in [0.15, 0.2) is 0 Å². The number of carbonyl (C=O) groups excluding carboxylic acids is 2. The molecular formula is C28H27NO4. The molecule has 1 fully saturated rings. The molecule has 1 saturated heterocycles. The fraction of sp³-hybridized carbons (Fsp3) is 0.214. The highest BCUT2D eigenvalue weighted by Crippen LogP contribution is 2.43. The Morgan fingerprint density at radius 2 is 1.61 bits per heavy atom. The number of anilines is 1. The second-order valence-corrected chi connectivity index (χ2v) is 8.26. The number of Topliss-reactive ketones (excluding diaryl/α,β-unsaturated/α-hetero) is 1. The summed E-state index contributed by atoms with van der Waals surface area (Å²) in [5.74, 6) is -0.837. The predicted molar refractivity (Wildman–Crippen MR) is 129 cm³/mol. The normalized spacial score (nSPS) is 17.5. The number of nitrogens with zero attached hydrogens (tertiary/aromatic N) is 1. The molecule has 168 valence electrons. The summed E-state index contributed by atoms with van der Waals surface area (Å²) in [7, 11) is 0. The van der Waals surface area contributed by atoms with Gasteiger partial charge >= 0.3 is 0 Å². The van der Waals surface area contributed by atoms with E-state index in [0.29, 0.717) is 29.2 Å². The Labute approximate surface area is 193 Å². The fourth-order valence-electron chi connectivity index (χ4n) is 4.19. The van der Waals surface area contributed by atoms with Gasteiger partial charge in [-0.05, 0) is 74.2 Å². The lowest BCUT2D eigenvalue weighted by Crippen LogP contribution is -2.30. The first kappa shape index (κ1) is 22.3. The van der Waals surface area contributed by atoms with E-state index in [1.54, 1.807) is 6.07 Å². The zero-order valence-corrected chi connectivity index (χ0v) is 19.3. The van der Waals surface area contributed by atoms with Crippen molar-refractivity contribution in [3.8, 4) is 5.75 Å². The number of rotatable bonds is 5. The van der Waals surface area contributed by atoms with Gasteiger partial charge in [-0.1, -0.05) is 42.5 Å². The number of hydrogen-bond donors (Lipinski definition) is 1. The summed E-state index contributed by atoms with van der Waals surface area (Å²) in [5.41, 5.74) is 4.87. The number of ether oxygens (including phenoxy) is 1. The van der Waals surface area contributed by atoms with Crippen LogP contribution in [0.15, 0.2) is 72.3 Å². The average molecular weight is 442 g/mol. The van der Waals surface area contributed by atoms with Crippen LogP contribution in [0.1, 0.15) is 40.8 Å². The Morgan fingerprint density at radius 3 is 2.24 bits per heavy atom. The molecule has 0 aromatic heterocycles. The van der Waals surface area contributed by atoms with E-state index < -0.39 is 17.7 Å². The summed E-state index contributed by atoms with van der Waals surface area (Å²) in [5, 5.41) is 11.3. The Morgan fingerprint density at radius 1 is 0.909 bits per heavy atom. The zero-order valence-electron chi connectivity index (χ0n) is 19.3. The van der Waals surface area contributed by atoms with Crippen molar-refractivity contribution in [2.45, 2.75) is 33.7 Å². The van der Waals surface area contributed by atoms with Gasteiger partial charge in [0, 0.05) is 11.3 Å². The van der Waals surface area contributed by atoms with Crippen LogP contribution in [0.5, 0.6) is 5.75 Å². The van der Waals surface area contributed by atoms with Crippen LogP contribution in [0.2, 0.25) is 0 Å². The molecular weight excluding hydrogens is 414 g/mol. The van der Waals surface area contributed by atoms with Crippen molar-refractivity contribution >= 4 is 23.1 Å². The van der Waals surface area contributed by atoms with Crippen molar-refractivity contribution in [1.29, 1.82) is 0 Å². The fourth-order valence-corrected chi connectivity index (χ4v) is 4.19. The lowest BCUT2D eigenvalue weighted by Gasteiger charge is -2.27. The largest absolute Gasteiger partial charge is 0.507 e. The van der Waals surface area contributed by atoms with Gasteiger partial charge in [0.25, 0.3) is 11.7 Å². The molecule has 5 heteroatoms. The molecule has 1 amide bonds. The molecule has 33 heavy (non-hydrogen) atoms. The number of para-hydroxylation sites is 1. The van der Waals surface area contributed by atoms with Gasteiger partial charge in [-0.3, -0.25) is 14.5 Å². The van der Waals surface area contributed by atoms with Gasteiger partial charge in [0.05, 0.1) is 18.2 Å². The first-order valence-corrected chi connectivity index (χ1v) is 11.0. The van der Waals surface area contributed by atoms with Crippen molar-refractivity contribution in [1.82, 2.24) is 0 Å². The molecule has 0 aliphatic carbocycles. The highest BCUT2D eigenvalue weighted by atomic mass is 16.5. The van der Waals surface area contributed by atoms with E-state index in [1.807, 2.05) is 88.4 Å². The maximum absolute atomic E-state index is 13.3. The van der Waals surface area contributed by atoms with Gasteiger partial charge < -0.3 is 9.84 Å². The minimum Gasteiger partial charge on any atom is -0.507 e. The molecule has 3 aromatic rings. The zero-order chi connectivity index (χ0) is 23.7. The van der Waals surface area contributed by atoms with E-state index in [1.165, 1.54) is 4.90 Å². The highest BCUT2D eigenvalue weighted by Gasteiger charge is 2.47. The summed E-state index contributed by atoms with van der Waals surface area (Å²) < 4.78 is 5.56. The maximum atomic E-state index is 13.3. The predicted octanol–water partition coefficient (Wildman–Crippen LogP) is 5.64. The maximum Gasteiger partial charge on any atom is 0.300 e. The smallest absolute Gasteiger partial charge is 0.300 e. The summed E-state index contributed by atoms with van der Waals surface area (Å²) >= 11 is 0. The molecule has 1 aliphatic rings. The van der Waals surface area contributed by atoms with Crippen LogP contribution in [0.4, 0.5) is 5.69 Å². The number of aryl methyl sites for hydroxylation is 3. The van der Waals surface area contributed by atoms with Crippen LogP contribution in [-0.2, 0) is 9.59 Å². The third kappa shape index (κ3) is 4.02. The number of benzene rings is 3. The van der Waals surface area contributed by atoms with Crippen molar-refractivity contribution in [3.05, 3.63) is 100 Å². The Kier molecular flexibility index (Phi) is 6.05. The summed E-state index contributed by atoms with van der Waals surface area (Å²) in [6.07, 6.45) is 0. The van der Waals surface area contributed by atoms with E-state index >= 15 is 0 Å². The van der Waals surface area contributed by atoms with Crippen molar-refractivity contribution in [2.24, 2.45) is 0 Å². The van der Waals surface area contributed by atoms with Crippen LogP contribution in [-0.4, -0.2) is 23.4 Å². The monoisotopic (exact) mass is 441 g/mol. The molecule has 1 unspecified atom stereocenters. The molecule has 3 aromatic carbocycles. The quantitative estimate of drug-likeness (QED) is 0.316. The number of carbonyl (C=O) groups is 2. The Bertz CT molecular complexity index is 1260. The standard InChI is InChI=1S/C28H27NO4/c1-5-33-22-14-12-20(13-15-22)25-24(26(30)21-11-10-17(2)19(4)16-21)27(31)28(32)29(25)23-9-7-6-8-18(23)3/h6-16,25,30H,5H2,1-4H3/b26-24-. The lowest BCUT2D eigenvalue weighted by molar-refractivity contribution is -0.132. The number of aliphatic hydroxyl groups excluding tert-OH is 1. The van der Waals surface area contributed by atoms with Crippen molar-refractivity contribution in [3.63, 3.8) is 0 Å². The first-order valence-electron chi connectivity index (χ1n) is 11.0. The van der Waals surface area contributed by atoms with Crippen molar-refractivity contribution in [2.75, 3.05) is 11.5 Å². The van der Waals surface area contributed by atoms with Gasteiger partial charge in [-0.15, -0.1) is 0 Å². The molecule has 1 heterocycles. The molecule has 5 nitrogen and oxygen atoms in total. The van der Waals surface area contributed by atoms with Crippen LogP contribution in [0.3, 0.4) is 0 Å². The summed E-state index contributed by atoms with van der Waals surface area (Å²) in [4.78, 5) is 28.1. The van der Waals surface area contributed by atoms with Crippen LogP contribution in [0, 0.1) is 20.8 Å². The Balaban J connectivity index is 1.93. The molecule has 0 bridgehead atoms. The molecule has 0 saturated carbocycles. The number of ketones is 1. The third-order valence-electron chi connectivity index (χ3n) is 6.11. The molecule has 1 N–H and O–H groups in total. The van der Waals surface area contributed by atoms with Crippen molar-refractivity contribution < 1.29 is 19.4 Å². The van der Waals surface area contributed by atoms with Gasteiger partial charge in [-0.2, -0.15) is 0 Å². The number of aliphatic hydroxyl groups is 1.